The molecule has 140 valence electrons. The number of piperazine rings is 1. The van der Waals surface area contributed by atoms with Crippen LogP contribution in [0.5, 0.6) is 0 Å². The molecule has 0 atom stereocenters. The van der Waals surface area contributed by atoms with Crippen molar-refractivity contribution in [2.75, 3.05) is 32.7 Å². The summed E-state index contributed by atoms with van der Waals surface area (Å²) in [5.41, 5.74) is 2.17. The second-order valence-electron chi connectivity index (χ2n) is 6.51. The highest BCUT2D eigenvalue weighted by molar-refractivity contribution is 7.13. The molecule has 3 heterocycles. The van der Waals surface area contributed by atoms with Crippen molar-refractivity contribution in [1.82, 2.24) is 19.6 Å². The molecular weight excluding hydrogens is 380 g/mol. The van der Waals surface area contributed by atoms with Gasteiger partial charge >= 0.3 is 0 Å². The van der Waals surface area contributed by atoms with Gasteiger partial charge in [-0.15, -0.1) is 11.3 Å². The van der Waals surface area contributed by atoms with Crippen molar-refractivity contribution in [2.45, 2.75) is 6.92 Å². The normalized spacial score (nSPS) is 15.3. The highest BCUT2D eigenvalue weighted by atomic mass is 35.5. The molecule has 1 saturated heterocycles. The molecule has 0 aliphatic carbocycles. The molecule has 1 amide bonds. The Bertz CT molecular complexity index is 929. The highest BCUT2D eigenvalue weighted by Crippen LogP contribution is 2.27. The lowest BCUT2D eigenvalue weighted by Crippen LogP contribution is -2.48. The Balaban J connectivity index is 1.71. The number of carbonyl (C=O) groups excluding carboxylic acids is 1. The van der Waals surface area contributed by atoms with Gasteiger partial charge in [-0.3, -0.25) is 4.79 Å². The van der Waals surface area contributed by atoms with E-state index in [4.69, 9.17) is 16.7 Å². The zero-order valence-electron chi connectivity index (χ0n) is 15.1. The molecule has 0 spiro atoms. The second kappa shape index (κ2) is 7.84. The number of nitrogens with zero attached hydrogens (tertiary/aromatic N) is 4. The van der Waals surface area contributed by atoms with Crippen LogP contribution in [0.15, 0.2) is 47.8 Å². The summed E-state index contributed by atoms with van der Waals surface area (Å²) in [5.74, 6) is 0.0148. The number of likely N-dealkylation sites (N-methyl/N-ethyl adjacent to an activating group) is 1. The molecule has 0 unspecified atom stereocenters. The Kier molecular flexibility index (Phi) is 5.29. The predicted octanol–water partition coefficient (Wildman–Crippen LogP) is 4.03. The number of thiophene rings is 1. The Morgan fingerprint density at radius 1 is 1.15 bits per heavy atom. The predicted molar refractivity (Wildman–Crippen MR) is 110 cm³/mol. The third kappa shape index (κ3) is 3.78. The SMILES string of the molecule is CCN1CCN(C(=O)c2cc(-c3cccs3)nn2-c2cccc(Cl)c2)CC1. The summed E-state index contributed by atoms with van der Waals surface area (Å²) in [4.78, 5) is 18.6. The fourth-order valence-corrected chi connectivity index (χ4v) is 4.18. The van der Waals surface area contributed by atoms with Crippen LogP contribution in [0.2, 0.25) is 5.02 Å². The molecule has 4 rings (SSSR count). The van der Waals surface area contributed by atoms with Crippen molar-refractivity contribution in [3.05, 3.63) is 58.6 Å². The summed E-state index contributed by atoms with van der Waals surface area (Å²) in [6, 6.07) is 13.3. The minimum Gasteiger partial charge on any atom is -0.335 e. The third-order valence-corrected chi connectivity index (χ3v) is 5.99. The number of hydrogen-bond acceptors (Lipinski definition) is 4. The number of rotatable bonds is 4. The minimum absolute atomic E-state index is 0.0148. The quantitative estimate of drug-likeness (QED) is 0.663. The molecule has 0 saturated carbocycles. The summed E-state index contributed by atoms with van der Waals surface area (Å²) in [6.07, 6.45) is 0. The van der Waals surface area contributed by atoms with Crippen LogP contribution in [0, 0.1) is 0 Å². The van der Waals surface area contributed by atoms with E-state index < -0.39 is 0 Å². The number of carbonyl (C=O) groups is 1. The van der Waals surface area contributed by atoms with Crippen LogP contribution in [0.1, 0.15) is 17.4 Å². The Labute approximate surface area is 167 Å². The molecule has 27 heavy (non-hydrogen) atoms. The van der Waals surface area contributed by atoms with Crippen LogP contribution >= 0.6 is 22.9 Å². The van der Waals surface area contributed by atoms with Gasteiger partial charge in [0, 0.05) is 31.2 Å². The van der Waals surface area contributed by atoms with E-state index in [2.05, 4.69) is 11.8 Å². The fourth-order valence-electron chi connectivity index (χ4n) is 3.31. The second-order valence-corrected chi connectivity index (χ2v) is 7.89. The third-order valence-electron chi connectivity index (χ3n) is 4.86. The van der Waals surface area contributed by atoms with E-state index in [1.807, 2.05) is 52.7 Å². The van der Waals surface area contributed by atoms with Crippen LogP contribution in [0.3, 0.4) is 0 Å². The average Bonchev–Trinajstić information content (AvgIpc) is 3.37. The van der Waals surface area contributed by atoms with Gasteiger partial charge in [0.1, 0.15) is 11.4 Å². The number of amides is 1. The molecule has 1 aromatic carbocycles. The largest absolute Gasteiger partial charge is 0.335 e. The van der Waals surface area contributed by atoms with Gasteiger partial charge in [0.05, 0.1) is 10.6 Å². The van der Waals surface area contributed by atoms with Crippen LogP contribution in [0.25, 0.3) is 16.3 Å². The Morgan fingerprint density at radius 3 is 2.63 bits per heavy atom. The van der Waals surface area contributed by atoms with Crippen LogP contribution in [-0.4, -0.2) is 58.2 Å². The van der Waals surface area contributed by atoms with Gasteiger partial charge in [-0.05, 0) is 42.3 Å². The number of aromatic nitrogens is 2. The Hall–Kier alpha value is -2.15. The highest BCUT2D eigenvalue weighted by Gasteiger charge is 2.26. The molecule has 3 aromatic rings. The van der Waals surface area contributed by atoms with Crippen molar-refractivity contribution in [1.29, 1.82) is 0 Å². The summed E-state index contributed by atoms with van der Waals surface area (Å²) in [7, 11) is 0. The maximum atomic E-state index is 13.3. The van der Waals surface area contributed by atoms with Gasteiger partial charge in [-0.2, -0.15) is 5.10 Å². The van der Waals surface area contributed by atoms with E-state index in [1.165, 1.54) is 0 Å². The van der Waals surface area contributed by atoms with Gasteiger partial charge in [-0.25, -0.2) is 4.68 Å². The summed E-state index contributed by atoms with van der Waals surface area (Å²) >= 11 is 7.79. The number of benzene rings is 1. The van der Waals surface area contributed by atoms with Crippen LogP contribution in [0.4, 0.5) is 0 Å². The van der Waals surface area contributed by atoms with Gasteiger partial charge in [0.2, 0.25) is 0 Å². The molecule has 1 aliphatic rings. The van der Waals surface area contributed by atoms with E-state index in [0.29, 0.717) is 10.7 Å². The first-order valence-corrected chi connectivity index (χ1v) is 10.3. The number of halogens is 1. The summed E-state index contributed by atoms with van der Waals surface area (Å²) in [5, 5.41) is 7.36. The molecule has 1 aliphatic heterocycles. The molecule has 0 N–H and O–H groups in total. The van der Waals surface area contributed by atoms with Gasteiger partial charge in [0.25, 0.3) is 5.91 Å². The molecule has 0 radical (unpaired) electrons. The molecule has 0 bridgehead atoms. The van der Waals surface area contributed by atoms with E-state index >= 15 is 0 Å². The lowest BCUT2D eigenvalue weighted by Gasteiger charge is -2.34. The first kappa shape index (κ1) is 18.2. The van der Waals surface area contributed by atoms with Crippen molar-refractivity contribution in [2.24, 2.45) is 0 Å². The van der Waals surface area contributed by atoms with Gasteiger partial charge < -0.3 is 9.80 Å². The molecule has 7 heteroatoms. The summed E-state index contributed by atoms with van der Waals surface area (Å²) < 4.78 is 1.72. The molecular formula is C20H21ClN4OS. The zero-order chi connectivity index (χ0) is 18.8. The smallest absolute Gasteiger partial charge is 0.272 e. The van der Waals surface area contributed by atoms with Crippen molar-refractivity contribution in [3.8, 4) is 16.3 Å². The van der Waals surface area contributed by atoms with Crippen LogP contribution < -0.4 is 0 Å². The summed E-state index contributed by atoms with van der Waals surface area (Å²) in [6.45, 7) is 6.46. The standard InChI is InChI=1S/C20H21ClN4OS/c1-2-23-8-10-24(11-9-23)20(26)18-14-17(19-7-4-12-27-19)22-25(18)16-6-3-5-15(21)13-16/h3-7,12-14H,2,8-11H2,1H3. The molecule has 1 fully saturated rings. The van der Waals surface area contributed by atoms with E-state index in [1.54, 1.807) is 16.0 Å². The molecule has 5 nitrogen and oxygen atoms in total. The first-order valence-electron chi connectivity index (χ1n) is 9.07. The van der Waals surface area contributed by atoms with E-state index in [0.717, 1.165) is 49.0 Å². The van der Waals surface area contributed by atoms with Crippen molar-refractivity contribution in [3.63, 3.8) is 0 Å². The van der Waals surface area contributed by atoms with Crippen LogP contribution in [-0.2, 0) is 0 Å². The topological polar surface area (TPSA) is 41.4 Å². The van der Waals surface area contributed by atoms with E-state index in [-0.39, 0.29) is 5.91 Å². The lowest BCUT2D eigenvalue weighted by molar-refractivity contribution is 0.0634. The number of hydrogen-bond donors (Lipinski definition) is 0. The monoisotopic (exact) mass is 400 g/mol. The minimum atomic E-state index is 0.0148. The van der Waals surface area contributed by atoms with Gasteiger partial charge in [-0.1, -0.05) is 30.7 Å². The maximum Gasteiger partial charge on any atom is 0.272 e. The molecule has 2 aromatic heterocycles. The van der Waals surface area contributed by atoms with Gasteiger partial charge in [0.15, 0.2) is 0 Å². The van der Waals surface area contributed by atoms with E-state index in [9.17, 15) is 4.79 Å². The average molecular weight is 401 g/mol. The maximum absolute atomic E-state index is 13.3. The lowest BCUT2D eigenvalue weighted by atomic mass is 10.2. The zero-order valence-corrected chi connectivity index (χ0v) is 16.7. The fraction of sp³-hybridized carbons (Fsp3) is 0.300. The first-order chi connectivity index (χ1) is 13.2. The van der Waals surface area contributed by atoms with Crippen molar-refractivity contribution < 1.29 is 4.79 Å². The Morgan fingerprint density at radius 2 is 1.96 bits per heavy atom. The van der Waals surface area contributed by atoms with Crippen molar-refractivity contribution >= 4 is 28.8 Å².